The fourth-order valence-corrected chi connectivity index (χ4v) is 8.10. The fourth-order valence-electron chi connectivity index (χ4n) is 2.57. The van der Waals surface area contributed by atoms with Crippen molar-refractivity contribution in [1.29, 1.82) is 0 Å². The standard InChI is InChI=1S/C14H25GeN/c1-6-14(15(2,3)4)16(5)12-13-10-8-7-9-11-13/h7-11,14H,6,12H2,1-5H3. The van der Waals surface area contributed by atoms with Crippen molar-refractivity contribution in [3.63, 3.8) is 0 Å². The fraction of sp³-hybridized carbons (Fsp3) is 0.571. The second-order valence-electron chi connectivity index (χ2n) is 5.69. The molecule has 1 unspecified atom stereocenters. The van der Waals surface area contributed by atoms with E-state index >= 15 is 0 Å². The molecule has 0 aliphatic rings. The van der Waals surface area contributed by atoms with Crippen LogP contribution in [0.15, 0.2) is 30.3 Å². The molecule has 1 aromatic rings. The molecule has 0 amide bonds. The first kappa shape index (κ1) is 13.8. The molecule has 1 nitrogen and oxygen atoms in total. The molecule has 0 saturated carbocycles. The maximum atomic E-state index is 2.55. The second-order valence-corrected chi connectivity index (χ2v) is 17.0. The van der Waals surface area contributed by atoms with Gasteiger partial charge in [0.2, 0.25) is 0 Å². The van der Waals surface area contributed by atoms with Crippen LogP contribution in [0.3, 0.4) is 0 Å². The van der Waals surface area contributed by atoms with E-state index in [1.54, 1.807) is 0 Å². The Labute approximate surface area is 103 Å². The molecule has 0 radical (unpaired) electrons. The Morgan fingerprint density at radius 3 is 2.12 bits per heavy atom. The molecule has 2 heteroatoms. The molecular formula is C14H25GeN. The Balaban J connectivity index is 2.67. The molecule has 1 atom stereocenters. The molecule has 0 aliphatic heterocycles. The molecule has 0 saturated heterocycles. The van der Waals surface area contributed by atoms with Crippen molar-refractivity contribution in [3.8, 4) is 0 Å². The summed E-state index contributed by atoms with van der Waals surface area (Å²) in [6, 6.07) is 10.8. The summed E-state index contributed by atoms with van der Waals surface area (Å²) >= 11 is -1.58. The van der Waals surface area contributed by atoms with E-state index in [-0.39, 0.29) is 0 Å². The van der Waals surface area contributed by atoms with Crippen LogP contribution in [-0.4, -0.2) is 30.1 Å². The maximum absolute atomic E-state index is 2.55. The van der Waals surface area contributed by atoms with Crippen LogP contribution in [0.1, 0.15) is 18.9 Å². The molecule has 0 aromatic heterocycles. The van der Waals surface area contributed by atoms with Crippen molar-refractivity contribution < 1.29 is 0 Å². The number of benzene rings is 1. The first-order valence-corrected chi connectivity index (χ1v) is 13.7. The average Bonchev–Trinajstić information content (AvgIpc) is 2.17. The molecule has 0 aliphatic carbocycles. The quantitative estimate of drug-likeness (QED) is 0.742. The predicted molar refractivity (Wildman–Crippen MR) is 75.3 cm³/mol. The predicted octanol–water partition coefficient (Wildman–Crippen LogP) is 3.77. The van der Waals surface area contributed by atoms with Gasteiger partial charge >= 0.3 is 103 Å². The molecule has 1 rings (SSSR count). The number of nitrogens with zero attached hydrogens (tertiary/aromatic N) is 1. The monoisotopic (exact) mass is 281 g/mol. The molecule has 1 aromatic carbocycles. The zero-order valence-electron chi connectivity index (χ0n) is 11.3. The first-order chi connectivity index (χ1) is 7.45. The van der Waals surface area contributed by atoms with E-state index in [4.69, 9.17) is 0 Å². The molecule has 0 heterocycles. The van der Waals surface area contributed by atoms with Gasteiger partial charge in [0, 0.05) is 0 Å². The normalized spacial score (nSPS) is 14.1. The third-order valence-electron chi connectivity index (χ3n) is 3.19. The Bertz CT molecular complexity index is 302. The molecule has 0 bridgehead atoms. The van der Waals surface area contributed by atoms with Crippen LogP contribution < -0.4 is 0 Å². The van der Waals surface area contributed by atoms with Crippen LogP contribution >= 0.6 is 0 Å². The second kappa shape index (κ2) is 5.88. The molecule has 90 valence electrons. The Morgan fingerprint density at radius 1 is 1.12 bits per heavy atom. The van der Waals surface area contributed by atoms with Gasteiger partial charge in [0.15, 0.2) is 0 Å². The van der Waals surface area contributed by atoms with Crippen LogP contribution in [-0.2, 0) is 6.54 Å². The third kappa shape index (κ3) is 3.95. The van der Waals surface area contributed by atoms with Gasteiger partial charge in [0.05, 0.1) is 0 Å². The van der Waals surface area contributed by atoms with Crippen LogP contribution in [0, 0.1) is 0 Å². The van der Waals surface area contributed by atoms with E-state index < -0.39 is 13.3 Å². The Hall–Kier alpha value is -0.277. The zero-order chi connectivity index (χ0) is 12.2. The average molecular weight is 280 g/mol. The van der Waals surface area contributed by atoms with Crippen molar-refractivity contribution in [3.05, 3.63) is 35.9 Å². The van der Waals surface area contributed by atoms with Crippen molar-refractivity contribution in [2.45, 2.75) is 42.0 Å². The minimum atomic E-state index is -1.58. The molecule has 16 heavy (non-hydrogen) atoms. The van der Waals surface area contributed by atoms with Gasteiger partial charge in [0.1, 0.15) is 0 Å². The third-order valence-corrected chi connectivity index (χ3v) is 9.17. The summed E-state index contributed by atoms with van der Waals surface area (Å²) in [7, 11) is 2.28. The Kier molecular flexibility index (Phi) is 5.06. The van der Waals surface area contributed by atoms with Gasteiger partial charge in [-0.3, -0.25) is 0 Å². The summed E-state index contributed by atoms with van der Waals surface area (Å²) in [6.07, 6.45) is 1.28. The van der Waals surface area contributed by atoms with Crippen LogP contribution in [0.2, 0.25) is 17.3 Å². The zero-order valence-corrected chi connectivity index (χ0v) is 13.4. The van der Waals surface area contributed by atoms with Crippen molar-refractivity contribution >= 4 is 13.3 Å². The van der Waals surface area contributed by atoms with Gasteiger partial charge in [-0.25, -0.2) is 0 Å². The molecule has 0 N–H and O–H groups in total. The summed E-state index contributed by atoms with van der Waals surface area (Å²) in [5.74, 6) is 7.53. The molecule has 0 spiro atoms. The number of hydrogen-bond acceptors (Lipinski definition) is 1. The van der Waals surface area contributed by atoms with Crippen molar-refractivity contribution in [2.24, 2.45) is 0 Å². The molecule has 0 fully saturated rings. The summed E-state index contributed by atoms with van der Waals surface area (Å²) in [6.45, 7) is 3.41. The van der Waals surface area contributed by atoms with Crippen molar-refractivity contribution in [2.75, 3.05) is 7.05 Å². The van der Waals surface area contributed by atoms with Crippen molar-refractivity contribution in [1.82, 2.24) is 4.90 Å². The summed E-state index contributed by atoms with van der Waals surface area (Å²) in [5, 5.41) is 0. The van der Waals surface area contributed by atoms with E-state index in [9.17, 15) is 0 Å². The van der Waals surface area contributed by atoms with Crippen LogP contribution in [0.4, 0.5) is 0 Å². The van der Waals surface area contributed by atoms with Gasteiger partial charge in [0.25, 0.3) is 0 Å². The van der Waals surface area contributed by atoms with E-state index in [0.29, 0.717) is 0 Å². The van der Waals surface area contributed by atoms with Crippen LogP contribution in [0.5, 0.6) is 0 Å². The van der Waals surface area contributed by atoms with E-state index in [0.717, 1.165) is 11.4 Å². The number of rotatable bonds is 5. The van der Waals surface area contributed by atoms with Crippen LogP contribution in [0.25, 0.3) is 0 Å². The number of hydrogen-bond donors (Lipinski definition) is 0. The van der Waals surface area contributed by atoms with E-state index in [1.165, 1.54) is 12.0 Å². The van der Waals surface area contributed by atoms with Gasteiger partial charge < -0.3 is 0 Å². The topological polar surface area (TPSA) is 3.24 Å². The van der Waals surface area contributed by atoms with Gasteiger partial charge in [-0.05, 0) is 0 Å². The van der Waals surface area contributed by atoms with Gasteiger partial charge in [-0.2, -0.15) is 0 Å². The Morgan fingerprint density at radius 2 is 1.69 bits per heavy atom. The SMILES string of the molecule is CC[CH](N(C)Cc1ccccc1)[Ge]([CH3])([CH3])[CH3]. The molecular weight excluding hydrogens is 255 g/mol. The minimum absolute atomic E-state index is 0.820. The van der Waals surface area contributed by atoms with E-state index in [2.05, 4.69) is 66.5 Å². The summed E-state index contributed by atoms with van der Waals surface area (Å²) in [4.78, 5) is 3.37. The summed E-state index contributed by atoms with van der Waals surface area (Å²) < 4.78 is 0. The van der Waals surface area contributed by atoms with E-state index in [1.807, 2.05) is 0 Å². The van der Waals surface area contributed by atoms with Gasteiger partial charge in [-0.1, -0.05) is 0 Å². The first-order valence-electron chi connectivity index (χ1n) is 6.19. The summed E-state index contributed by atoms with van der Waals surface area (Å²) in [5.41, 5.74) is 1.43. The van der Waals surface area contributed by atoms with Gasteiger partial charge in [-0.15, -0.1) is 0 Å².